The lowest BCUT2D eigenvalue weighted by Gasteiger charge is -2.09. The van der Waals surface area contributed by atoms with Crippen LogP contribution in [0, 0.1) is 12.7 Å². The number of hydrogen-bond donors (Lipinski definition) is 1. The lowest BCUT2D eigenvalue weighted by molar-refractivity contribution is -0.150. The molecule has 0 radical (unpaired) electrons. The van der Waals surface area contributed by atoms with Gasteiger partial charge in [0, 0.05) is 6.42 Å². The van der Waals surface area contributed by atoms with Gasteiger partial charge in [-0.3, -0.25) is 0 Å². The molecule has 0 saturated heterocycles. The molecule has 1 unspecified atom stereocenters. The summed E-state index contributed by atoms with van der Waals surface area (Å²) >= 11 is 0. The first kappa shape index (κ1) is 11.7. The van der Waals surface area contributed by atoms with Crippen molar-refractivity contribution in [2.75, 3.05) is 7.11 Å². The average molecular weight is 212 g/mol. The zero-order chi connectivity index (χ0) is 11.4. The Kier molecular flexibility index (Phi) is 3.80. The van der Waals surface area contributed by atoms with Crippen molar-refractivity contribution in [3.63, 3.8) is 0 Å². The van der Waals surface area contributed by atoms with E-state index in [-0.39, 0.29) is 6.42 Å². The fourth-order valence-corrected chi connectivity index (χ4v) is 1.29. The van der Waals surface area contributed by atoms with Crippen LogP contribution in [0.5, 0.6) is 0 Å². The molecule has 4 heteroatoms. The molecule has 0 bridgehead atoms. The summed E-state index contributed by atoms with van der Waals surface area (Å²) in [6.45, 7) is 1.81. The topological polar surface area (TPSA) is 46.5 Å². The molecule has 1 aromatic carbocycles. The zero-order valence-electron chi connectivity index (χ0n) is 8.66. The van der Waals surface area contributed by atoms with Crippen LogP contribution >= 0.6 is 0 Å². The molecule has 0 spiro atoms. The maximum Gasteiger partial charge on any atom is 0.335 e. The van der Waals surface area contributed by atoms with E-state index in [1.807, 2.05) is 6.92 Å². The van der Waals surface area contributed by atoms with E-state index in [1.165, 1.54) is 13.2 Å². The van der Waals surface area contributed by atoms with E-state index in [2.05, 4.69) is 4.74 Å². The molecule has 1 atom stereocenters. The van der Waals surface area contributed by atoms with E-state index in [1.54, 1.807) is 12.1 Å². The molecule has 0 saturated carbocycles. The number of halogens is 1. The highest BCUT2D eigenvalue weighted by Gasteiger charge is 2.17. The summed E-state index contributed by atoms with van der Waals surface area (Å²) in [5.41, 5.74) is 1.19. The zero-order valence-corrected chi connectivity index (χ0v) is 8.66. The minimum absolute atomic E-state index is 0.0693. The summed E-state index contributed by atoms with van der Waals surface area (Å²) in [6, 6.07) is 4.54. The number of methoxy groups -OCH3 is 1. The SMILES string of the molecule is COC(=O)C(O)Cc1cc(C)ccc1F. The Bertz CT molecular complexity index is 363. The van der Waals surface area contributed by atoms with Crippen molar-refractivity contribution in [3.05, 3.63) is 35.1 Å². The second-order valence-electron chi connectivity index (χ2n) is 3.34. The maximum absolute atomic E-state index is 13.2. The summed E-state index contributed by atoms with van der Waals surface area (Å²) in [4.78, 5) is 10.9. The third-order valence-electron chi connectivity index (χ3n) is 2.09. The fourth-order valence-electron chi connectivity index (χ4n) is 1.29. The highest BCUT2D eigenvalue weighted by Crippen LogP contribution is 2.12. The first-order chi connectivity index (χ1) is 7.04. The molecule has 0 amide bonds. The van der Waals surface area contributed by atoms with Crippen molar-refractivity contribution in [1.29, 1.82) is 0 Å². The monoisotopic (exact) mass is 212 g/mol. The van der Waals surface area contributed by atoms with Crippen molar-refractivity contribution in [1.82, 2.24) is 0 Å². The molecule has 0 aliphatic heterocycles. The summed E-state index contributed by atoms with van der Waals surface area (Å²) in [6.07, 6.45) is -1.38. The summed E-state index contributed by atoms with van der Waals surface area (Å²) in [5, 5.41) is 9.35. The molecule has 15 heavy (non-hydrogen) atoms. The normalized spacial score (nSPS) is 12.3. The number of esters is 1. The van der Waals surface area contributed by atoms with Gasteiger partial charge in [0.2, 0.25) is 0 Å². The predicted octanol–water partition coefficient (Wildman–Crippen LogP) is 1.21. The fraction of sp³-hybridized carbons (Fsp3) is 0.364. The summed E-state index contributed by atoms with van der Waals surface area (Å²) in [7, 11) is 1.18. The van der Waals surface area contributed by atoms with Crippen LogP contribution in [0.4, 0.5) is 4.39 Å². The Morgan fingerprint density at radius 3 is 2.87 bits per heavy atom. The molecule has 0 aromatic heterocycles. The molecule has 0 aliphatic rings. The van der Waals surface area contributed by atoms with Gasteiger partial charge in [0.15, 0.2) is 6.10 Å². The highest BCUT2D eigenvalue weighted by molar-refractivity contribution is 5.74. The molecule has 1 N–H and O–H groups in total. The van der Waals surface area contributed by atoms with Gasteiger partial charge in [0.05, 0.1) is 7.11 Å². The lowest BCUT2D eigenvalue weighted by atomic mass is 10.0. The van der Waals surface area contributed by atoms with Gasteiger partial charge in [-0.1, -0.05) is 17.7 Å². The van der Waals surface area contributed by atoms with Crippen LogP contribution in [-0.2, 0) is 16.0 Å². The predicted molar refractivity (Wildman–Crippen MR) is 52.9 cm³/mol. The van der Waals surface area contributed by atoms with Gasteiger partial charge in [-0.15, -0.1) is 0 Å². The van der Waals surface area contributed by atoms with Crippen LogP contribution in [0.1, 0.15) is 11.1 Å². The number of rotatable bonds is 3. The van der Waals surface area contributed by atoms with Crippen LogP contribution < -0.4 is 0 Å². The molecule has 1 aromatic rings. The summed E-state index contributed by atoms with van der Waals surface area (Å²) < 4.78 is 17.6. The molecule has 0 heterocycles. The molecule has 0 fully saturated rings. The van der Waals surface area contributed by atoms with Gasteiger partial charge in [0.1, 0.15) is 5.82 Å². The number of aryl methyl sites for hydroxylation is 1. The minimum Gasteiger partial charge on any atom is -0.467 e. The van der Waals surface area contributed by atoms with Crippen LogP contribution in [-0.4, -0.2) is 24.3 Å². The molecular formula is C11H13FO3. The molecule has 82 valence electrons. The Morgan fingerprint density at radius 1 is 1.60 bits per heavy atom. The summed E-state index contributed by atoms with van der Waals surface area (Å²) in [5.74, 6) is -1.18. The second-order valence-corrected chi connectivity index (χ2v) is 3.34. The number of aliphatic hydroxyl groups is 1. The third kappa shape index (κ3) is 3.02. The van der Waals surface area contributed by atoms with Crippen molar-refractivity contribution in [2.45, 2.75) is 19.4 Å². The molecular weight excluding hydrogens is 199 g/mol. The van der Waals surface area contributed by atoms with E-state index < -0.39 is 17.9 Å². The Hall–Kier alpha value is -1.42. The van der Waals surface area contributed by atoms with Gasteiger partial charge in [0.25, 0.3) is 0 Å². The number of hydrogen-bond acceptors (Lipinski definition) is 3. The standard InChI is InChI=1S/C11H13FO3/c1-7-3-4-9(12)8(5-7)6-10(13)11(14)15-2/h3-5,10,13H,6H2,1-2H3. The molecule has 0 aliphatic carbocycles. The van der Waals surface area contributed by atoms with Crippen LogP contribution in [0.15, 0.2) is 18.2 Å². The molecule has 3 nitrogen and oxygen atoms in total. The Balaban J connectivity index is 2.80. The first-order valence-corrected chi connectivity index (χ1v) is 4.55. The number of ether oxygens (including phenoxy) is 1. The number of aliphatic hydroxyl groups excluding tert-OH is 1. The van der Waals surface area contributed by atoms with E-state index >= 15 is 0 Å². The second kappa shape index (κ2) is 4.89. The third-order valence-corrected chi connectivity index (χ3v) is 2.09. The van der Waals surface area contributed by atoms with Gasteiger partial charge in [-0.25, -0.2) is 9.18 Å². The van der Waals surface area contributed by atoms with Gasteiger partial charge in [-0.05, 0) is 18.6 Å². The first-order valence-electron chi connectivity index (χ1n) is 4.55. The van der Waals surface area contributed by atoms with E-state index in [9.17, 15) is 14.3 Å². The maximum atomic E-state index is 13.2. The van der Waals surface area contributed by atoms with Crippen molar-refractivity contribution < 1.29 is 19.0 Å². The number of carbonyl (C=O) groups excluding carboxylic acids is 1. The number of carbonyl (C=O) groups is 1. The van der Waals surface area contributed by atoms with Crippen molar-refractivity contribution in [3.8, 4) is 0 Å². The lowest BCUT2D eigenvalue weighted by Crippen LogP contribution is -2.24. The highest BCUT2D eigenvalue weighted by atomic mass is 19.1. The average Bonchev–Trinajstić information content (AvgIpc) is 2.22. The van der Waals surface area contributed by atoms with Gasteiger partial charge >= 0.3 is 5.97 Å². The van der Waals surface area contributed by atoms with Crippen LogP contribution in [0.3, 0.4) is 0 Å². The largest absolute Gasteiger partial charge is 0.467 e. The Labute approximate surface area is 87.5 Å². The van der Waals surface area contributed by atoms with Gasteiger partial charge < -0.3 is 9.84 Å². The Morgan fingerprint density at radius 2 is 2.27 bits per heavy atom. The van der Waals surface area contributed by atoms with E-state index in [0.29, 0.717) is 5.56 Å². The van der Waals surface area contributed by atoms with Crippen LogP contribution in [0.2, 0.25) is 0 Å². The van der Waals surface area contributed by atoms with Crippen molar-refractivity contribution in [2.24, 2.45) is 0 Å². The van der Waals surface area contributed by atoms with E-state index in [4.69, 9.17) is 0 Å². The van der Waals surface area contributed by atoms with Gasteiger partial charge in [-0.2, -0.15) is 0 Å². The quantitative estimate of drug-likeness (QED) is 0.766. The van der Waals surface area contributed by atoms with E-state index in [0.717, 1.165) is 5.56 Å². The molecule has 1 rings (SSSR count). The van der Waals surface area contributed by atoms with Crippen molar-refractivity contribution >= 4 is 5.97 Å². The minimum atomic E-state index is -1.31. The van der Waals surface area contributed by atoms with Crippen LogP contribution in [0.25, 0.3) is 0 Å². The smallest absolute Gasteiger partial charge is 0.335 e. The number of benzene rings is 1.